The van der Waals surface area contributed by atoms with Crippen LogP contribution >= 0.6 is 22.9 Å². The van der Waals surface area contributed by atoms with E-state index < -0.39 is 0 Å². The Bertz CT molecular complexity index is 504. The fourth-order valence-electron chi connectivity index (χ4n) is 2.31. The second kappa shape index (κ2) is 7.09. The van der Waals surface area contributed by atoms with E-state index in [0.29, 0.717) is 6.04 Å². The quantitative estimate of drug-likeness (QED) is 0.802. The summed E-state index contributed by atoms with van der Waals surface area (Å²) in [6.45, 7) is 5.37. The van der Waals surface area contributed by atoms with Crippen LogP contribution in [0.1, 0.15) is 35.9 Å². The SMILES string of the molecule is CCNC(Cc1ccc(Cl)cc1)c1sccc1CC. The van der Waals surface area contributed by atoms with Crippen molar-refractivity contribution in [3.63, 3.8) is 0 Å². The Kier molecular flexibility index (Phi) is 5.44. The Morgan fingerprint density at radius 3 is 2.53 bits per heavy atom. The molecule has 2 rings (SSSR count). The second-order valence-electron chi connectivity index (χ2n) is 4.60. The summed E-state index contributed by atoms with van der Waals surface area (Å²) in [5.74, 6) is 0. The van der Waals surface area contributed by atoms with Crippen molar-refractivity contribution in [1.29, 1.82) is 0 Å². The van der Waals surface area contributed by atoms with Crippen LogP contribution in [0.5, 0.6) is 0 Å². The van der Waals surface area contributed by atoms with Crippen LogP contribution in [-0.2, 0) is 12.8 Å². The molecule has 1 nitrogen and oxygen atoms in total. The highest BCUT2D eigenvalue weighted by molar-refractivity contribution is 7.10. The lowest BCUT2D eigenvalue weighted by molar-refractivity contribution is 0.555. The largest absolute Gasteiger partial charge is 0.309 e. The molecule has 1 N–H and O–H groups in total. The molecule has 2 aromatic rings. The molecular formula is C16H20ClNS. The fourth-order valence-corrected chi connectivity index (χ4v) is 3.51. The Morgan fingerprint density at radius 2 is 1.89 bits per heavy atom. The minimum atomic E-state index is 0.404. The Balaban J connectivity index is 2.18. The predicted molar refractivity (Wildman–Crippen MR) is 85.3 cm³/mol. The van der Waals surface area contributed by atoms with Crippen molar-refractivity contribution in [2.75, 3.05) is 6.54 Å². The molecule has 1 heterocycles. The zero-order valence-corrected chi connectivity index (χ0v) is 13.0. The number of benzene rings is 1. The summed E-state index contributed by atoms with van der Waals surface area (Å²) in [4.78, 5) is 1.47. The Labute approximate surface area is 124 Å². The van der Waals surface area contributed by atoms with Gasteiger partial charge >= 0.3 is 0 Å². The topological polar surface area (TPSA) is 12.0 Å². The molecule has 0 aliphatic carbocycles. The van der Waals surface area contributed by atoms with E-state index in [-0.39, 0.29) is 0 Å². The van der Waals surface area contributed by atoms with Gasteiger partial charge < -0.3 is 5.32 Å². The standard InChI is InChI=1S/C16H20ClNS/c1-3-13-9-10-19-16(13)15(18-4-2)11-12-5-7-14(17)8-6-12/h5-10,15,18H,3-4,11H2,1-2H3. The average Bonchev–Trinajstić information content (AvgIpc) is 2.89. The van der Waals surface area contributed by atoms with Crippen molar-refractivity contribution in [2.45, 2.75) is 32.7 Å². The van der Waals surface area contributed by atoms with E-state index in [1.54, 1.807) is 0 Å². The van der Waals surface area contributed by atoms with Gasteiger partial charge in [-0.05, 0) is 54.1 Å². The summed E-state index contributed by atoms with van der Waals surface area (Å²) in [6.07, 6.45) is 2.11. The van der Waals surface area contributed by atoms with Gasteiger partial charge in [0.15, 0.2) is 0 Å². The molecule has 1 aromatic carbocycles. The minimum absolute atomic E-state index is 0.404. The van der Waals surface area contributed by atoms with Crippen molar-refractivity contribution < 1.29 is 0 Å². The lowest BCUT2D eigenvalue weighted by Gasteiger charge is -2.18. The molecule has 0 saturated carbocycles. The number of likely N-dealkylation sites (N-methyl/N-ethyl adjacent to an activating group) is 1. The number of halogens is 1. The van der Waals surface area contributed by atoms with Crippen molar-refractivity contribution in [2.24, 2.45) is 0 Å². The van der Waals surface area contributed by atoms with Crippen LogP contribution in [0.3, 0.4) is 0 Å². The maximum absolute atomic E-state index is 5.94. The van der Waals surface area contributed by atoms with E-state index in [1.165, 1.54) is 16.0 Å². The third-order valence-electron chi connectivity index (χ3n) is 3.28. The maximum atomic E-state index is 5.94. The first-order chi connectivity index (χ1) is 9.24. The third-order valence-corrected chi connectivity index (χ3v) is 4.61. The summed E-state index contributed by atoms with van der Waals surface area (Å²) >= 11 is 7.80. The normalized spacial score (nSPS) is 12.6. The van der Waals surface area contributed by atoms with Gasteiger partial charge in [-0.3, -0.25) is 0 Å². The molecule has 19 heavy (non-hydrogen) atoms. The predicted octanol–water partition coefficient (Wildman–Crippen LogP) is 4.86. The third kappa shape index (κ3) is 3.82. The second-order valence-corrected chi connectivity index (χ2v) is 5.99. The number of hydrogen-bond donors (Lipinski definition) is 1. The highest BCUT2D eigenvalue weighted by Gasteiger charge is 2.15. The summed E-state index contributed by atoms with van der Waals surface area (Å²) in [6, 6.07) is 10.8. The molecule has 0 fully saturated rings. The zero-order chi connectivity index (χ0) is 13.7. The molecule has 0 bridgehead atoms. The summed E-state index contributed by atoms with van der Waals surface area (Å²) in [5, 5.41) is 6.60. The van der Waals surface area contributed by atoms with Crippen molar-refractivity contribution in [1.82, 2.24) is 5.32 Å². The maximum Gasteiger partial charge on any atom is 0.0458 e. The molecule has 1 unspecified atom stereocenters. The summed E-state index contributed by atoms with van der Waals surface area (Å²) in [7, 11) is 0. The van der Waals surface area contributed by atoms with E-state index in [9.17, 15) is 0 Å². The first kappa shape index (κ1) is 14.6. The summed E-state index contributed by atoms with van der Waals surface area (Å²) < 4.78 is 0. The molecule has 1 aromatic heterocycles. The van der Waals surface area contributed by atoms with Crippen LogP contribution in [0.4, 0.5) is 0 Å². The van der Waals surface area contributed by atoms with E-state index in [2.05, 4.69) is 42.7 Å². The Morgan fingerprint density at radius 1 is 1.16 bits per heavy atom. The number of aryl methyl sites for hydroxylation is 1. The summed E-state index contributed by atoms with van der Waals surface area (Å²) in [5.41, 5.74) is 2.79. The molecular weight excluding hydrogens is 274 g/mol. The first-order valence-corrected chi connectivity index (χ1v) is 8.04. The molecule has 1 atom stereocenters. The molecule has 102 valence electrons. The van der Waals surface area contributed by atoms with Gasteiger partial charge in [0.1, 0.15) is 0 Å². The molecule has 0 aliphatic heterocycles. The molecule has 3 heteroatoms. The van der Waals surface area contributed by atoms with Gasteiger partial charge in [0.05, 0.1) is 0 Å². The smallest absolute Gasteiger partial charge is 0.0458 e. The van der Waals surface area contributed by atoms with E-state index in [4.69, 9.17) is 11.6 Å². The van der Waals surface area contributed by atoms with Gasteiger partial charge in [0.2, 0.25) is 0 Å². The van der Waals surface area contributed by atoms with Crippen molar-refractivity contribution >= 4 is 22.9 Å². The number of rotatable bonds is 6. The van der Waals surface area contributed by atoms with Crippen LogP contribution in [0.15, 0.2) is 35.7 Å². The van der Waals surface area contributed by atoms with Gasteiger partial charge in [-0.25, -0.2) is 0 Å². The molecule has 0 amide bonds. The minimum Gasteiger partial charge on any atom is -0.309 e. The van der Waals surface area contributed by atoms with Crippen LogP contribution in [0, 0.1) is 0 Å². The average molecular weight is 294 g/mol. The van der Waals surface area contributed by atoms with Crippen LogP contribution in [-0.4, -0.2) is 6.54 Å². The van der Waals surface area contributed by atoms with Crippen molar-refractivity contribution in [3.8, 4) is 0 Å². The molecule has 0 spiro atoms. The highest BCUT2D eigenvalue weighted by atomic mass is 35.5. The number of hydrogen-bond acceptors (Lipinski definition) is 2. The van der Waals surface area contributed by atoms with Crippen LogP contribution in [0.2, 0.25) is 5.02 Å². The number of thiophene rings is 1. The van der Waals surface area contributed by atoms with E-state index in [0.717, 1.165) is 24.4 Å². The van der Waals surface area contributed by atoms with Crippen molar-refractivity contribution in [3.05, 3.63) is 56.7 Å². The molecule has 0 radical (unpaired) electrons. The van der Waals surface area contributed by atoms with E-state index in [1.807, 2.05) is 23.5 Å². The first-order valence-electron chi connectivity index (χ1n) is 6.78. The lowest BCUT2D eigenvalue weighted by Crippen LogP contribution is -2.23. The fraction of sp³-hybridized carbons (Fsp3) is 0.375. The molecule has 0 aliphatic rings. The van der Waals surface area contributed by atoms with Gasteiger partial charge in [-0.1, -0.05) is 37.6 Å². The Hall–Kier alpha value is -0.830. The van der Waals surface area contributed by atoms with Gasteiger partial charge in [-0.15, -0.1) is 11.3 Å². The van der Waals surface area contributed by atoms with Crippen LogP contribution in [0.25, 0.3) is 0 Å². The zero-order valence-electron chi connectivity index (χ0n) is 11.4. The molecule has 0 saturated heterocycles. The van der Waals surface area contributed by atoms with Gasteiger partial charge in [-0.2, -0.15) is 0 Å². The van der Waals surface area contributed by atoms with Gasteiger partial charge in [0, 0.05) is 15.9 Å². The van der Waals surface area contributed by atoms with Crippen LogP contribution < -0.4 is 5.32 Å². The van der Waals surface area contributed by atoms with Gasteiger partial charge in [0.25, 0.3) is 0 Å². The van der Waals surface area contributed by atoms with E-state index >= 15 is 0 Å². The number of nitrogens with one attached hydrogen (secondary N) is 1. The highest BCUT2D eigenvalue weighted by Crippen LogP contribution is 2.28. The lowest BCUT2D eigenvalue weighted by atomic mass is 10.0. The monoisotopic (exact) mass is 293 g/mol.